The first-order valence-corrected chi connectivity index (χ1v) is 11.4. The zero-order valence-corrected chi connectivity index (χ0v) is 18.4. The van der Waals surface area contributed by atoms with Gasteiger partial charge in [0.15, 0.2) is 0 Å². The quantitative estimate of drug-likeness (QED) is 0.660. The second-order valence-electron chi connectivity index (χ2n) is 8.49. The molecule has 0 spiro atoms. The summed E-state index contributed by atoms with van der Waals surface area (Å²) in [6, 6.07) is 11.4. The van der Waals surface area contributed by atoms with Gasteiger partial charge in [-0.05, 0) is 43.2 Å². The molecule has 9 heteroatoms. The van der Waals surface area contributed by atoms with E-state index >= 15 is 0 Å². The Morgan fingerprint density at radius 2 is 1.76 bits per heavy atom. The predicted octanol–water partition coefficient (Wildman–Crippen LogP) is 2.07. The van der Waals surface area contributed by atoms with Crippen LogP contribution >= 0.6 is 0 Å². The number of H-pyrrole nitrogens is 1. The first-order chi connectivity index (χ1) is 16.2. The Balaban J connectivity index is 1.19. The number of carbonyl (C=O) groups is 2. The summed E-state index contributed by atoms with van der Waals surface area (Å²) in [6.45, 7) is 3.99. The maximum atomic E-state index is 13.2. The van der Waals surface area contributed by atoms with Gasteiger partial charge < -0.3 is 14.7 Å². The van der Waals surface area contributed by atoms with Crippen LogP contribution in [0.2, 0.25) is 0 Å². The van der Waals surface area contributed by atoms with Crippen LogP contribution in [-0.4, -0.2) is 81.0 Å². The van der Waals surface area contributed by atoms with E-state index in [0.29, 0.717) is 37.6 Å². The summed E-state index contributed by atoms with van der Waals surface area (Å²) in [4.78, 5) is 40.7. The molecule has 2 aliphatic rings. The Morgan fingerprint density at radius 3 is 2.52 bits per heavy atom. The number of nitrogens with one attached hydrogen (secondary N) is 1. The topological polar surface area (TPSA) is 98.3 Å². The van der Waals surface area contributed by atoms with E-state index in [-0.39, 0.29) is 17.7 Å². The van der Waals surface area contributed by atoms with Crippen LogP contribution in [0.15, 0.2) is 55.0 Å². The fourth-order valence-corrected chi connectivity index (χ4v) is 4.59. The number of hydrogen-bond donors (Lipinski definition) is 1. The molecule has 5 rings (SSSR count). The van der Waals surface area contributed by atoms with E-state index in [2.05, 4.69) is 25.1 Å². The maximum Gasteiger partial charge on any atom is 0.271 e. The van der Waals surface area contributed by atoms with Crippen LogP contribution in [-0.2, 0) is 4.79 Å². The molecular formula is C24H27N7O2. The lowest BCUT2D eigenvalue weighted by atomic mass is 9.96. The molecule has 1 N–H and O–H groups in total. The number of aromatic amines is 1. The van der Waals surface area contributed by atoms with Gasteiger partial charge in [0.1, 0.15) is 11.5 Å². The smallest absolute Gasteiger partial charge is 0.271 e. The zero-order valence-electron chi connectivity index (χ0n) is 18.4. The van der Waals surface area contributed by atoms with Gasteiger partial charge in [-0.25, -0.2) is 4.98 Å². The lowest BCUT2D eigenvalue weighted by Crippen LogP contribution is -2.53. The summed E-state index contributed by atoms with van der Waals surface area (Å²) in [5.41, 5.74) is 2.05. The van der Waals surface area contributed by atoms with Crippen molar-refractivity contribution in [2.45, 2.75) is 12.8 Å². The summed E-state index contributed by atoms with van der Waals surface area (Å²) in [5, 5.41) is 7.14. The summed E-state index contributed by atoms with van der Waals surface area (Å²) in [6.07, 6.45) is 6.82. The number of piperidine rings is 1. The maximum absolute atomic E-state index is 13.2. The average molecular weight is 446 g/mol. The number of aromatic nitrogens is 4. The van der Waals surface area contributed by atoms with Crippen LogP contribution in [0.1, 0.15) is 23.3 Å². The average Bonchev–Trinajstić information content (AvgIpc) is 3.39. The highest BCUT2D eigenvalue weighted by Gasteiger charge is 2.33. The van der Waals surface area contributed by atoms with Gasteiger partial charge in [0.2, 0.25) is 5.91 Å². The Kier molecular flexibility index (Phi) is 6.01. The zero-order chi connectivity index (χ0) is 22.6. The molecule has 0 saturated carbocycles. The van der Waals surface area contributed by atoms with Crippen LogP contribution in [0.3, 0.4) is 0 Å². The fourth-order valence-electron chi connectivity index (χ4n) is 4.59. The SMILES string of the molecule is O=C(c1cc(-c2ccncc2)n[nH]1)N1CCCC(C(=O)N2CCN(c3ccccn3)CC2)C1. The molecule has 0 aliphatic carbocycles. The van der Waals surface area contributed by atoms with E-state index in [9.17, 15) is 9.59 Å². The van der Waals surface area contributed by atoms with Crippen LogP contribution in [0.25, 0.3) is 11.3 Å². The van der Waals surface area contributed by atoms with E-state index in [1.165, 1.54) is 0 Å². The van der Waals surface area contributed by atoms with E-state index in [1.807, 2.05) is 35.2 Å². The van der Waals surface area contributed by atoms with Crippen molar-refractivity contribution in [3.63, 3.8) is 0 Å². The third kappa shape index (κ3) is 4.57. The van der Waals surface area contributed by atoms with Gasteiger partial charge in [-0.2, -0.15) is 5.10 Å². The number of anilines is 1. The molecule has 0 radical (unpaired) electrons. The Morgan fingerprint density at radius 1 is 0.939 bits per heavy atom. The lowest BCUT2D eigenvalue weighted by Gasteiger charge is -2.39. The molecule has 0 aromatic carbocycles. The number of hydrogen-bond acceptors (Lipinski definition) is 6. The highest BCUT2D eigenvalue weighted by molar-refractivity contribution is 5.94. The molecule has 2 fully saturated rings. The second kappa shape index (κ2) is 9.40. The van der Waals surface area contributed by atoms with E-state index in [1.54, 1.807) is 29.6 Å². The van der Waals surface area contributed by atoms with Crippen LogP contribution in [0.4, 0.5) is 5.82 Å². The number of likely N-dealkylation sites (tertiary alicyclic amines) is 1. The summed E-state index contributed by atoms with van der Waals surface area (Å²) in [5.74, 6) is 0.826. The molecule has 1 unspecified atom stereocenters. The van der Waals surface area contributed by atoms with Gasteiger partial charge in [0.05, 0.1) is 11.6 Å². The van der Waals surface area contributed by atoms with Crippen molar-refractivity contribution in [3.8, 4) is 11.3 Å². The highest BCUT2D eigenvalue weighted by atomic mass is 16.2. The van der Waals surface area contributed by atoms with E-state index in [4.69, 9.17) is 0 Å². The summed E-state index contributed by atoms with van der Waals surface area (Å²) >= 11 is 0. The molecule has 2 aliphatic heterocycles. The highest BCUT2D eigenvalue weighted by Crippen LogP contribution is 2.23. The van der Waals surface area contributed by atoms with Crippen molar-refractivity contribution in [3.05, 3.63) is 60.7 Å². The standard InChI is InChI=1S/C24H27N7O2/c32-23(30-14-12-29(13-15-30)22-5-1-2-8-26-22)19-4-3-11-31(17-19)24(33)21-16-20(27-28-21)18-6-9-25-10-7-18/h1-2,5-10,16,19H,3-4,11-15,17H2,(H,27,28). The van der Waals surface area contributed by atoms with Crippen LogP contribution in [0.5, 0.6) is 0 Å². The first kappa shape index (κ1) is 21.1. The molecule has 9 nitrogen and oxygen atoms in total. The summed E-state index contributed by atoms with van der Waals surface area (Å²) < 4.78 is 0. The van der Waals surface area contributed by atoms with Crippen molar-refractivity contribution in [2.75, 3.05) is 44.2 Å². The molecule has 3 aromatic rings. The minimum absolute atomic E-state index is 0.111. The van der Waals surface area contributed by atoms with Gasteiger partial charge in [0.25, 0.3) is 5.91 Å². The Bertz CT molecular complexity index is 1090. The molecule has 0 bridgehead atoms. The Hall–Kier alpha value is -3.75. The molecule has 3 aromatic heterocycles. The third-order valence-electron chi connectivity index (χ3n) is 6.41. The molecule has 5 heterocycles. The van der Waals surface area contributed by atoms with Gasteiger partial charge in [-0.15, -0.1) is 0 Å². The minimum Gasteiger partial charge on any atom is -0.353 e. The van der Waals surface area contributed by atoms with Crippen molar-refractivity contribution in [1.29, 1.82) is 0 Å². The molecule has 1 atom stereocenters. The van der Waals surface area contributed by atoms with Gasteiger partial charge in [-0.1, -0.05) is 6.07 Å². The molecular weight excluding hydrogens is 418 g/mol. The van der Waals surface area contributed by atoms with Crippen molar-refractivity contribution < 1.29 is 9.59 Å². The van der Waals surface area contributed by atoms with E-state index < -0.39 is 0 Å². The number of pyridine rings is 2. The van der Waals surface area contributed by atoms with Crippen LogP contribution in [0, 0.1) is 5.92 Å². The normalized spacial score (nSPS) is 18.9. The second-order valence-corrected chi connectivity index (χ2v) is 8.49. The molecule has 170 valence electrons. The monoisotopic (exact) mass is 445 g/mol. The van der Waals surface area contributed by atoms with E-state index in [0.717, 1.165) is 37.3 Å². The minimum atomic E-state index is -0.160. The van der Waals surface area contributed by atoms with Gasteiger partial charge >= 0.3 is 0 Å². The van der Waals surface area contributed by atoms with Crippen molar-refractivity contribution in [1.82, 2.24) is 30.0 Å². The van der Waals surface area contributed by atoms with Gasteiger partial charge in [0, 0.05) is 63.4 Å². The summed E-state index contributed by atoms with van der Waals surface area (Å²) in [7, 11) is 0. The number of rotatable bonds is 4. The predicted molar refractivity (Wildman–Crippen MR) is 123 cm³/mol. The fraction of sp³-hybridized carbons (Fsp3) is 0.375. The Labute approximate surface area is 192 Å². The van der Waals surface area contributed by atoms with Gasteiger partial charge in [-0.3, -0.25) is 19.7 Å². The number of amides is 2. The lowest BCUT2D eigenvalue weighted by molar-refractivity contribution is -0.137. The molecule has 33 heavy (non-hydrogen) atoms. The first-order valence-electron chi connectivity index (χ1n) is 11.4. The van der Waals surface area contributed by atoms with Crippen LogP contribution < -0.4 is 4.90 Å². The number of nitrogens with zero attached hydrogens (tertiary/aromatic N) is 6. The van der Waals surface area contributed by atoms with Crippen molar-refractivity contribution >= 4 is 17.6 Å². The largest absolute Gasteiger partial charge is 0.353 e. The third-order valence-corrected chi connectivity index (χ3v) is 6.41. The molecule has 2 amide bonds. The van der Waals surface area contributed by atoms with Crippen molar-refractivity contribution in [2.24, 2.45) is 5.92 Å². The number of piperazine rings is 1. The molecule has 2 saturated heterocycles. The number of carbonyl (C=O) groups excluding carboxylic acids is 2.